The van der Waals surface area contributed by atoms with Crippen molar-refractivity contribution in [3.63, 3.8) is 0 Å². The molecule has 1 N–H and O–H groups in total. The molecule has 1 atom stereocenters. The second-order valence-corrected chi connectivity index (χ2v) is 8.10. The van der Waals surface area contributed by atoms with Gasteiger partial charge in [0.15, 0.2) is 0 Å². The molecule has 3 amide bonds. The second kappa shape index (κ2) is 10.1. The molecule has 3 aromatic carbocycles. The monoisotopic (exact) mass is 427 g/mol. The molecule has 4 rings (SSSR count). The number of nitrogens with one attached hydrogen (secondary N) is 1. The van der Waals surface area contributed by atoms with Crippen molar-refractivity contribution in [1.29, 1.82) is 0 Å². The van der Waals surface area contributed by atoms with Gasteiger partial charge >= 0.3 is 6.03 Å². The molecule has 0 bridgehead atoms. The van der Waals surface area contributed by atoms with Crippen LogP contribution in [0.25, 0.3) is 0 Å². The summed E-state index contributed by atoms with van der Waals surface area (Å²) in [5.41, 5.74) is 3.73. The van der Waals surface area contributed by atoms with E-state index in [0.29, 0.717) is 13.1 Å². The molecule has 1 unspecified atom stereocenters. The van der Waals surface area contributed by atoms with Crippen molar-refractivity contribution in [2.24, 2.45) is 0 Å². The number of hydrogen-bond donors (Lipinski definition) is 1. The van der Waals surface area contributed by atoms with Crippen molar-refractivity contribution in [2.45, 2.75) is 32.2 Å². The van der Waals surface area contributed by atoms with Crippen molar-refractivity contribution in [3.05, 3.63) is 96.1 Å². The summed E-state index contributed by atoms with van der Waals surface area (Å²) in [7, 11) is 0. The average molecular weight is 428 g/mol. The topological polar surface area (TPSA) is 52.7 Å². The quantitative estimate of drug-likeness (QED) is 0.530. The summed E-state index contributed by atoms with van der Waals surface area (Å²) in [4.78, 5) is 29.6. The molecule has 1 aliphatic rings. The van der Waals surface area contributed by atoms with Gasteiger partial charge in [0.2, 0.25) is 5.91 Å². The lowest BCUT2D eigenvalue weighted by atomic mass is 9.95. The van der Waals surface area contributed by atoms with Crippen molar-refractivity contribution in [3.8, 4) is 0 Å². The first-order valence-corrected chi connectivity index (χ1v) is 11.2. The summed E-state index contributed by atoms with van der Waals surface area (Å²) in [5.74, 6) is -0.208. The predicted octanol–water partition coefficient (Wildman–Crippen LogP) is 5.65. The van der Waals surface area contributed by atoms with Crippen LogP contribution < -0.4 is 10.2 Å². The van der Waals surface area contributed by atoms with E-state index in [1.807, 2.05) is 102 Å². The first-order valence-electron chi connectivity index (χ1n) is 11.2. The minimum atomic E-state index is -0.189. The van der Waals surface area contributed by atoms with Crippen LogP contribution in [0.3, 0.4) is 0 Å². The highest BCUT2D eigenvalue weighted by Crippen LogP contribution is 2.25. The summed E-state index contributed by atoms with van der Waals surface area (Å²) in [6.45, 7) is 4.09. The minimum Gasteiger partial charge on any atom is -0.326 e. The molecular weight excluding hydrogens is 398 g/mol. The van der Waals surface area contributed by atoms with Crippen LogP contribution >= 0.6 is 0 Å². The fourth-order valence-corrected chi connectivity index (χ4v) is 4.18. The van der Waals surface area contributed by atoms with E-state index in [1.165, 1.54) is 0 Å². The second-order valence-electron chi connectivity index (χ2n) is 8.10. The Morgan fingerprint density at radius 3 is 2.22 bits per heavy atom. The largest absolute Gasteiger partial charge is 0.326 e. The van der Waals surface area contributed by atoms with E-state index in [2.05, 4.69) is 5.32 Å². The van der Waals surface area contributed by atoms with Crippen molar-refractivity contribution < 1.29 is 9.59 Å². The van der Waals surface area contributed by atoms with Gasteiger partial charge in [-0.05, 0) is 48.2 Å². The standard InChI is InChI=1S/C27H29N3O2/c1-2-25(22-12-7-4-8-13-22)26(31)28-23-14-16-24(17-15-23)30-19-9-18-29(27(30)32)20-21-10-5-3-6-11-21/h3-8,10-17,25H,2,9,18-20H2,1H3,(H,28,31). The van der Waals surface area contributed by atoms with Crippen molar-refractivity contribution >= 4 is 23.3 Å². The van der Waals surface area contributed by atoms with Gasteiger partial charge in [0, 0.05) is 31.0 Å². The number of carbonyl (C=O) groups is 2. The fraction of sp³-hybridized carbons (Fsp3) is 0.259. The van der Waals surface area contributed by atoms with E-state index < -0.39 is 0 Å². The van der Waals surface area contributed by atoms with Gasteiger partial charge in [-0.1, -0.05) is 67.6 Å². The molecule has 0 aliphatic carbocycles. The van der Waals surface area contributed by atoms with E-state index >= 15 is 0 Å². The van der Waals surface area contributed by atoms with Crippen LogP contribution in [-0.2, 0) is 11.3 Å². The third kappa shape index (κ3) is 4.99. The molecule has 0 saturated carbocycles. The molecule has 5 nitrogen and oxygen atoms in total. The van der Waals surface area contributed by atoms with E-state index in [9.17, 15) is 9.59 Å². The highest BCUT2D eigenvalue weighted by atomic mass is 16.2. The van der Waals surface area contributed by atoms with Crippen LogP contribution in [0.2, 0.25) is 0 Å². The average Bonchev–Trinajstić information content (AvgIpc) is 2.83. The fourth-order valence-electron chi connectivity index (χ4n) is 4.18. The summed E-state index contributed by atoms with van der Waals surface area (Å²) >= 11 is 0. The SMILES string of the molecule is CCC(C(=O)Nc1ccc(N2CCCN(Cc3ccccc3)C2=O)cc1)c1ccccc1. The number of benzene rings is 3. The van der Waals surface area contributed by atoms with Gasteiger partial charge in [0.05, 0.1) is 5.92 Å². The molecule has 0 radical (unpaired) electrons. The molecule has 164 valence electrons. The van der Waals surface area contributed by atoms with Crippen LogP contribution in [0.1, 0.15) is 36.8 Å². The highest BCUT2D eigenvalue weighted by molar-refractivity contribution is 5.97. The van der Waals surface area contributed by atoms with Crippen LogP contribution in [0.4, 0.5) is 16.2 Å². The Bertz CT molecular complexity index is 1040. The van der Waals surface area contributed by atoms with Gasteiger partial charge in [-0.15, -0.1) is 0 Å². The molecule has 5 heteroatoms. The first kappa shape index (κ1) is 21.6. The number of amides is 3. The Labute approximate surface area is 189 Å². The Kier molecular flexibility index (Phi) is 6.85. The van der Waals surface area contributed by atoms with Crippen LogP contribution in [0.5, 0.6) is 0 Å². The maximum Gasteiger partial charge on any atom is 0.324 e. The molecule has 1 aliphatic heterocycles. The van der Waals surface area contributed by atoms with Gasteiger partial charge in [0.1, 0.15) is 0 Å². The summed E-state index contributed by atoms with van der Waals surface area (Å²) < 4.78 is 0. The number of anilines is 2. The number of carbonyl (C=O) groups excluding carboxylic acids is 2. The lowest BCUT2D eigenvalue weighted by Crippen LogP contribution is -2.49. The van der Waals surface area contributed by atoms with Gasteiger partial charge < -0.3 is 10.2 Å². The van der Waals surface area contributed by atoms with Gasteiger partial charge in [-0.3, -0.25) is 9.69 Å². The zero-order valence-electron chi connectivity index (χ0n) is 18.4. The number of urea groups is 1. The number of rotatable bonds is 7. The molecule has 32 heavy (non-hydrogen) atoms. The molecule has 0 aromatic heterocycles. The lowest BCUT2D eigenvalue weighted by molar-refractivity contribution is -0.117. The Morgan fingerprint density at radius 1 is 0.906 bits per heavy atom. The van der Waals surface area contributed by atoms with Gasteiger partial charge in [0.25, 0.3) is 0 Å². The van der Waals surface area contributed by atoms with Crippen molar-refractivity contribution in [1.82, 2.24) is 4.90 Å². The predicted molar refractivity (Wildman–Crippen MR) is 129 cm³/mol. The molecule has 1 saturated heterocycles. The molecule has 1 heterocycles. The van der Waals surface area contributed by atoms with Crippen LogP contribution in [0.15, 0.2) is 84.9 Å². The number of nitrogens with zero attached hydrogens (tertiary/aromatic N) is 2. The van der Waals surface area contributed by atoms with E-state index in [4.69, 9.17) is 0 Å². The van der Waals surface area contributed by atoms with Crippen LogP contribution in [-0.4, -0.2) is 29.9 Å². The maximum atomic E-state index is 13.1. The smallest absolute Gasteiger partial charge is 0.324 e. The van der Waals surface area contributed by atoms with Gasteiger partial charge in [-0.2, -0.15) is 0 Å². The van der Waals surface area contributed by atoms with Crippen LogP contribution in [0, 0.1) is 0 Å². The van der Waals surface area contributed by atoms with E-state index in [0.717, 1.165) is 41.9 Å². The normalized spacial score (nSPS) is 14.8. The molecular formula is C27H29N3O2. The zero-order valence-corrected chi connectivity index (χ0v) is 18.4. The summed E-state index contributed by atoms with van der Waals surface area (Å²) in [5, 5.41) is 3.02. The van der Waals surface area contributed by atoms with Gasteiger partial charge in [-0.25, -0.2) is 4.79 Å². The summed E-state index contributed by atoms with van der Waals surface area (Å²) in [6, 6.07) is 27.5. The zero-order chi connectivity index (χ0) is 22.3. The molecule has 0 spiro atoms. The van der Waals surface area contributed by atoms with Crippen molar-refractivity contribution in [2.75, 3.05) is 23.3 Å². The first-order chi connectivity index (χ1) is 15.7. The third-order valence-electron chi connectivity index (χ3n) is 5.90. The number of hydrogen-bond acceptors (Lipinski definition) is 2. The molecule has 1 fully saturated rings. The minimum absolute atomic E-state index is 0.0189. The maximum absolute atomic E-state index is 13.1. The summed E-state index contributed by atoms with van der Waals surface area (Å²) in [6.07, 6.45) is 1.65. The molecule has 3 aromatic rings. The van der Waals surface area contributed by atoms with E-state index in [-0.39, 0.29) is 17.9 Å². The lowest BCUT2D eigenvalue weighted by Gasteiger charge is -2.35. The Balaban J connectivity index is 1.41. The Morgan fingerprint density at radius 2 is 1.56 bits per heavy atom. The third-order valence-corrected chi connectivity index (χ3v) is 5.90. The van der Waals surface area contributed by atoms with E-state index in [1.54, 1.807) is 0 Å². The Hall–Kier alpha value is -3.60. The highest BCUT2D eigenvalue weighted by Gasteiger charge is 2.27.